The van der Waals surface area contributed by atoms with Crippen LogP contribution in [0.15, 0.2) is 33.8 Å². The lowest BCUT2D eigenvalue weighted by Gasteiger charge is -2.00. The van der Waals surface area contributed by atoms with Crippen molar-refractivity contribution < 1.29 is 14.3 Å². The molecule has 6 nitrogen and oxygen atoms in total. The van der Waals surface area contributed by atoms with Crippen LogP contribution in [0.1, 0.15) is 16.2 Å². The van der Waals surface area contributed by atoms with Crippen molar-refractivity contribution in [2.24, 2.45) is 0 Å². The van der Waals surface area contributed by atoms with Gasteiger partial charge >= 0.3 is 11.7 Å². The van der Waals surface area contributed by atoms with Crippen molar-refractivity contribution >= 4 is 5.97 Å². The Labute approximate surface area is 83.8 Å². The number of hydrogen-bond donors (Lipinski definition) is 2. The van der Waals surface area contributed by atoms with E-state index in [1.54, 1.807) is 12.1 Å². The SMILES string of the molecule is O=C(O)c1c[nH]c(=O)n1Cc1ccco1. The third-order valence-corrected chi connectivity index (χ3v) is 1.98. The number of carbonyl (C=O) groups is 1. The Kier molecular flexibility index (Phi) is 2.17. The van der Waals surface area contributed by atoms with Gasteiger partial charge in [0, 0.05) is 6.20 Å². The minimum absolute atomic E-state index is 0.0867. The average molecular weight is 208 g/mol. The number of hydrogen-bond acceptors (Lipinski definition) is 3. The maximum absolute atomic E-state index is 11.3. The highest BCUT2D eigenvalue weighted by Crippen LogP contribution is 2.04. The summed E-state index contributed by atoms with van der Waals surface area (Å²) in [6.45, 7) is 0.108. The highest BCUT2D eigenvalue weighted by atomic mass is 16.4. The van der Waals surface area contributed by atoms with Gasteiger partial charge in [0.2, 0.25) is 0 Å². The van der Waals surface area contributed by atoms with E-state index in [-0.39, 0.29) is 12.2 Å². The maximum atomic E-state index is 11.3. The molecule has 0 fully saturated rings. The predicted molar refractivity (Wildman–Crippen MR) is 49.8 cm³/mol. The van der Waals surface area contributed by atoms with Crippen LogP contribution in [0.5, 0.6) is 0 Å². The highest BCUT2D eigenvalue weighted by molar-refractivity contribution is 5.85. The molecule has 0 amide bonds. The van der Waals surface area contributed by atoms with Gasteiger partial charge in [0.25, 0.3) is 0 Å². The summed E-state index contributed by atoms with van der Waals surface area (Å²) in [5, 5.41) is 8.80. The van der Waals surface area contributed by atoms with E-state index in [4.69, 9.17) is 9.52 Å². The van der Waals surface area contributed by atoms with E-state index >= 15 is 0 Å². The fraction of sp³-hybridized carbons (Fsp3) is 0.111. The average Bonchev–Trinajstić information content (AvgIpc) is 2.78. The Morgan fingerprint density at radius 1 is 1.60 bits per heavy atom. The van der Waals surface area contributed by atoms with Crippen molar-refractivity contribution in [1.29, 1.82) is 0 Å². The van der Waals surface area contributed by atoms with E-state index in [1.807, 2.05) is 0 Å². The smallest absolute Gasteiger partial charge is 0.354 e. The summed E-state index contributed by atoms with van der Waals surface area (Å²) in [7, 11) is 0. The molecule has 6 heteroatoms. The Morgan fingerprint density at radius 3 is 3.00 bits per heavy atom. The first-order valence-electron chi connectivity index (χ1n) is 4.22. The van der Waals surface area contributed by atoms with Crippen molar-refractivity contribution in [1.82, 2.24) is 9.55 Å². The largest absolute Gasteiger partial charge is 0.477 e. The molecule has 0 atom stereocenters. The molecule has 0 saturated heterocycles. The summed E-state index contributed by atoms with van der Waals surface area (Å²) in [5.74, 6) is -0.626. The molecule has 2 N–H and O–H groups in total. The number of rotatable bonds is 3. The van der Waals surface area contributed by atoms with Gasteiger partial charge in [-0.3, -0.25) is 4.57 Å². The maximum Gasteiger partial charge on any atom is 0.354 e. The number of aromatic nitrogens is 2. The normalized spacial score (nSPS) is 10.4. The van der Waals surface area contributed by atoms with Crippen LogP contribution in [0.25, 0.3) is 0 Å². The lowest BCUT2D eigenvalue weighted by atomic mass is 10.4. The van der Waals surface area contributed by atoms with Crippen molar-refractivity contribution in [2.45, 2.75) is 6.54 Å². The van der Waals surface area contributed by atoms with Gasteiger partial charge in [-0.2, -0.15) is 0 Å². The number of imidazole rings is 1. The van der Waals surface area contributed by atoms with E-state index in [0.717, 1.165) is 10.8 Å². The fourth-order valence-electron chi connectivity index (χ4n) is 1.29. The van der Waals surface area contributed by atoms with E-state index in [9.17, 15) is 9.59 Å². The Morgan fingerprint density at radius 2 is 2.40 bits per heavy atom. The summed E-state index contributed by atoms with van der Waals surface area (Å²) in [6, 6.07) is 3.35. The van der Waals surface area contributed by atoms with Crippen LogP contribution in [0.3, 0.4) is 0 Å². The monoisotopic (exact) mass is 208 g/mol. The van der Waals surface area contributed by atoms with Gasteiger partial charge in [-0.15, -0.1) is 0 Å². The number of aromatic carboxylic acids is 1. The standard InChI is InChI=1S/C9H8N2O4/c12-8(13)7-4-10-9(14)11(7)5-6-2-1-3-15-6/h1-4H,5H2,(H,10,14)(H,12,13). The van der Waals surface area contributed by atoms with Crippen LogP contribution in [-0.4, -0.2) is 20.6 Å². The zero-order valence-corrected chi connectivity index (χ0v) is 7.64. The molecule has 2 aromatic heterocycles. The number of aromatic amines is 1. The summed E-state index contributed by atoms with van der Waals surface area (Å²) in [6.07, 6.45) is 2.63. The topological polar surface area (TPSA) is 88.2 Å². The van der Waals surface area contributed by atoms with Crippen molar-refractivity contribution in [2.75, 3.05) is 0 Å². The Bertz CT molecular complexity index is 521. The van der Waals surface area contributed by atoms with Gasteiger partial charge in [-0.05, 0) is 12.1 Å². The Balaban J connectivity index is 2.39. The Hall–Kier alpha value is -2.24. The van der Waals surface area contributed by atoms with Crippen molar-refractivity contribution in [3.8, 4) is 0 Å². The number of nitrogens with zero attached hydrogens (tertiary/aromatic N) is 1. The summed E-state index contributed by atoms with van der Waals surface area (Å²) >= 11 is 0. The molecular formula is C9H8N2O4. The molecule has 0 aliphatic heterocycles. The van der Waals surface area contributed by atoms with Crippen LogP contribution in [0.4, 0.5) is 0 Å². The summed E-state index contributed by atoms with van der Waals surface area (Å²) in [5.41, 5.74) is -0.555. The van der Waals surface area contributed by atoms with Crippen LogP contribution >= 0.6 is 0 Å². The number of H-pyrrole nitrogens is 1. The van der Waals surface area contributed by atoms with Crippen molar-refractivity contribution in [3.63, 3.8) is 0 Å². The van der Waals surface area contributed by atoms with Gasteiger partial charge < -0.3 is 14.5 Å². The highest BCUT2D eigenvalue weighted by Gasteiger charge is 2.13. The molecule has 0 unspecified atom stereocenters. The van der Waals surface area contributed by atoms with E-state index in [1.165, 1.54) is 6.26 Å². The van der Waals surface area contributed by atoms with Crippen LogP contribution in [-0.2, 0) is 6.54 Å². The number of furan rings is 1. The molecule has 2 aromatic rings. The van der Waals surface area contributed by atoms with Crippen LogP contribution in [0, 0.1) is 0 Å². The third kappa shape index (κ3) is 1.69. The second-order valence-corrected chi connectivity index (χ2v) is 2.95. The number of carboxylic acid groups (broad SMARTS) is 1. The molecule has 0 bridgehead atoms. The van der Waals surface area contributed by atoms with Gasteiger partial charge in [0.1, 0.15) is 11.5 Å². The fourth-order valence-corrected chi connectivity index (χ4v) is 1.29. The molecule has 2 rings (SSSR count). The lowest BCUT2D eigenvalue weighted by molar-refractivity contribution is 0.0685. The first-order valence-corrected chi connectivity index (χ1v) is 4.22. The minimum Gasteiger partial charge on any atom is -0.477 e. The van der Waals surface area contributed by atoms with Crippen molar-refractivity contribution in [3.05, 3.63) is 46.5 Å². The molecule has 78 valence electrons. The summed E-state index contributed by atoms with van der Waals surface area (Å²) < 4.78 is 6.13. The molecule has 2 heterocycles. The molecule has 0 spiro atoms. The molecule has 0 saturated carbocycles. The molecule has 0 aromatic carbocycles. The second-order valence-electron chi connectivity index (χ2n) is 2.95. The van der Waals surface area contributed by atoms with Gasteiger partial charge in [0.05, 0.1) is 12.8 Å². The van der Waals surface area contributed by atoms with Gasteiger partial charge in [0.15, 0.2) is 0 Å². The third-order valence-electron chi connectivity index (χ3n) is 1.98. The van der Waals surface area contributed by atoms with E-state index in [0.29, 0.717) is 5.76 Å². The molecule has 15 heavy (non-hydrogen) atoms. The molecular weight excluding hydrogens is 200 g/mol. The van der Waals surface area contributed by atoms with Crippen LogP contribution in [0.2, 0.25) is 0 Å². The van der Waals surface area contributed by atoms with E-state index < -0.39 is 11.7 Å². The zero-order chi connectivity index (χ0) is 10.8. The first-order chi connectivity index (χ1) is 7.18. The first kappa shape index (κ1) is 9.32. The molecule has 0 aliphatic rings. The van der Waals surface area contributed by atoms with Crippen LogP contribution < -0.4 is 5.69 Å². The lowest BCUT2D eigenvalue weighted by Crippen LogP contribution is -2.21. The predicted octanol–water partition coefficient (Wildman–Crippen LogP) is 0.516. The quantitative estimate of drug-likeness (QED) is 0.769. The molecule has 0 radical (unpaired) electrons. The van der Waals surface area contributed by atoms with Gasteiger partial charge in [-0.25, -0.2) is 9.59 Å². The second kappa shape index (κ2) is 3.49. The minimum atomic E-state index is -1.15. The summed E-state index contributed by atoms with van der Waals surface area (Å²) in [4.78, 5) is 24.3. The van der Waals surface area contributed by atoms with E-state index in [2.05, 4.69) is 4.98 Å². The zero-order valence-electron chi connectivity index (χ0n) is 7.64. The number of nitrogens with one attached hydrogen (secondary N) is 1. The number of carboxylic acids is 1. The molecule has 0 aliphatic carbocycles. The van der Waals surface area contributed by atoms with Gasteiger partial charge in [-0.1, -0.05) is 0 Å².